The van der Waals surface area contributed by atoms with Gasteiger partial charge in [-0.25, -0.2) is 9.97 Å². The number of carbonyl (C=O) groups is 2. The van der Waals surface area contributed by atoms with Crippen LogP contribution in [0.25, 0.3) is 22.0 Å². The summed E-state index contributed by atoms with van der Waals surface area (Å²) in [5.74, 6) is 1.52. The fraction of sp³-hybridized carbons (Fsp3) is 0.217. The van der Waals surface area contributed by atoms with E-state index in [0.717, 1.165) is 16.3 Å². The van der Waals surface area contributed by atoms with Crippen LogP contribution in [0.15, 0.2) is 51.6 Å². The quantitative estimate of drug-likeness (QED) is 0.357. The summed E-state index contributed by atoms with van der Waals surface area (Å²) < 4.78 is 11.4. The standard InChI is InChI=1S/C23H22N4O4S2/c1-13(2)30-16-6-4-15(5-7-16)22-25-19(12-32-22)21(29)27-23-26-18(11-33-23)20-9-8-17(31-20)10-24-14(3)28/h4-9,11-13H,10H2,1-3H3,(H,24,28)(H,26,27,29). The Morgan fingerprint density at radius 3 is 2.58 bits per heavy atom. The van der Waals surface area contributed by atoms with Crippen molar-refractivity contribution in [3.63, 3.8) is 0 Å². The molecule has 0 saturated carbocycles. The van der Waals surface area contributed by atoms with Gasteiger partial charge in [0.25, 0.3) is 5.91 Å². The Morgan fingerprint density at radius 2 is 1.85 bits per heavy atom. The van der Waals surface area contributed by atoms with Crippen molar-refractivity contribution in [2.45, 2.75) is 33.4 Å². The predicted molar refractivity (Wildman–Crippen MR) is 129 cm³/mol. The Kier molecular flexibility index (Phi) is 6.85. The van der Waals surface area contributed by atoms with Gasteiger partial charge >= 0.3 is 0 Å². The molecule has 170 valence electrons. The Labute approximate surface area is 198 Å². The van der Waals surface area contributed by atoms with Crippen LogP contribution in [-0.4, -0.2) is 27.9 Å². The monoisotopic (exact) mass is 482 g/mol. The van der Waals surface area contributed by atoms with Gasteiger partial charge in [0.05, 0.1) is 12.6 Å². The van der Waals surface area contributed by atoms with Crippen LogP contribution >= 0.6 is 22.7 Å². The van der Waals surface area contributed by atoms with E-state index in [2.05, 4.69) is 20.6 Å². The number of furan rings is 1. The average Bonchev–Trinajstić information content (AvgIpc) is 3.53. The molecule has 8 nitrogen and oxygen atoms in total. The first-order valence-corrected chi connectivity index (χ1v) is 12.0. The summed E-state index contributed by atoms with van der Waals surface area (Å²) in [6.45, 7) is 5.71. The second kappa shape index (κ2) is 9.97. The van der Waals surface area contributed by atoms with Crippen LogP contribution in [0, 0.1) is 0 Å². The number of benzene rings is 1. The zero-order chi connectivity index (χ0) is 23.4. The van der Waals surface area contributed by atoms with Gasteiger partial charge in [-0.05, 0) is 50.2 Å². The van der Waals surface area contributed by atoms with Crippen LogP contribution in [0.3, 0.4) is 0 Å². The van der Waals surface area contributed by atoms with Gasteiger partial charge in [0.15, 0.2) is 10.9 Å². The number of anilines is 1. The number of thiazole rings is 2. The Bertz CT molecular complexity index is 1260. The maximum atomic E-state index is 12.6. The van der Waals surface area contributed by atoms with Crippen LogP contribution in [0.4, 0.5) is 5.13 Å². The summed E-state index contributed by atoms with van der Waals surface area (Å²) in [6.07, 6.45) is 0.107. The highest BCUT2D eigenvalue weighted by Crippen LogP contribution is 2.29. The molecule has 2 amide bonds. The van der Waals surface area contributed by atoms with Crippen LogP contribution < -0.4 is 15.4 Å². The molecule has 0 fully saturated rings. The van der Waals surface area contributed by atoms with E-state index in [1.165, 1.54) is 29.6 Å². The first-order valence-electron chi connectivity index (χ1n) is 10.2. The third-order valence-corrected chi connectivity index (χ3v) is 6.01. The van der Waals surface area contributed by atoms with E-state index in [9.17, 15) is 9.59 Å². The van der Waals surface area contributed by atoms with Gasteiger partial charge in [-0.15, -0.1) is 22.7 Å². The Balaban J connectivity index is 1.39. The van der Waals surface area contributed by atoms with Crippen molar-refractivity contribution >= 4 is 39.6 Å². The number of carbonyl (C=O) groups excluding carboxylic acids is 2. The number of nitrogens with one attached hydrogen (secondary N) is 2. The van der Waals surface area contributed by atoms with Crippen molar-refractivity contribution in [2.24, 2.45) is 0 Å². The molecule has 1 aromatic carbocycles. The van der Waals surface area contributed by atoms with Crippen molar-refractivity contribution < 1.29 is 18.7 Å². The molecular weight excluding hydrogens is 460 g/mol. The number of ether oxygens (including phenoxy) is 1. The second-order valence-electron chi connectivity index (χ2n) is 7.40. The minimum absolute atomic E-state index is 0.107. The molecule has 0 bridgehead atoms. The normalized spacial score (nSPS) is 10.9. The molecule has 0 aliphatic heterocycles. The molecule has 0 aliphatic carbocycles. The summed E-state index contributed by atoms with van der Waals surface area (Å²) in [5, 5.41) is 10.2. The number of aromatic nitrogens is 2. The number of hydrogen-bond acceptors (Lipinski definition) is 8. The largest absolute Gasteiger partial charge is 0.491 e. The smallest absolute Gasteiger partial charge is 0.276 e. The van der Waals surface area contributed by atoms with Gasteiger partial charge in [0, 0.05) is 23.2 Å². The van der Waals surface area contributed by atoms with Gasteiger partial charge in [-0.1, -0.05) is 0 Å². The zero-order valence-corrected chi connectivity index (χ0v) is 19.9. The SMILES string of the molecule is CC(=O)NCc1ccc(-c2csc(NC(=O)c3csc(-c4ccc(OC(C)C)cc4)n3)n2)o1. The molecule has 3 aromatic heterocycles. The number of rotatable bonds is 8. The van der Waals surface area contributed by atoms with Gasteiger partial charge in [-0.3, -0.25) is 14.9 Å². The summed E-state index contributed by atoms with van der Waals surface area (Å²) >= 11 is 2.69. The minimum Gasteiger partial charge on any atom is -0.491 e. The first-order chi connectivity index (χ1) is 15.9. The highest BCUT2D eigenvalue weighted by atomic mass is 32.1. The third-order valence-electron chi connectivity index (χ3n) is 4.36. The van der Waals surface area contributed by atoms with Crippen LogP contribution in [0.5, 0.6) is 5.75 Å². The number of nitrogens with zero attached hydrogens (tertiary/aromatic N) is 2. The van der Waals surface area contributed by atoms with Gasteiger partial charge in [0.1, 0.15) is 27.9 Å². The van der Waals surface area contributed by atoms with E-state index in [1.54, 1.807) is 22.9 Å². The van der Waals surface area contributed by atoms with Gasteiger partial charge in [0.2, 0.25) is 5.91 Å². The summed E-state index contributed by atoms with van der Waals surface area (Å²) in [6, 6.07) is 11.2. The maximum Gasteiger partial charge on any atom is 0.276 e. The molecule has 3 heterocycles. The van der Waals surface area contributed by atoms with Crippen molar-refractivity contribution in [1.29, 1.82) is 0 Å². The van der Waals surface area contributed by atoms with Crippen molar-refractivity contribution in [3.8, 4) is 27.8 Å². The van der Waals surface area contributed by atoms with E-state index in [4.69, 9.17) is 9.15 Å². The lowest BCUT2D eigenvalue weighted by molar-refractivity contribution is -0.119. The molecule has 0 spiro atoms. The summed E-state index contributed by atoms with van der Waals surface area (Å²) in [7, 11) is 0. The molecule has 0 atom stereocenters. The van der Waals surface area contributed by atoms with E-state index >= 15 is 0 Å². The highest BCUT2D eigenvalue weighted by Gasteiger charge is 2.15. The van der Waals surface area contributed by atoms with Crippen LogP contribution in [0.1, 0.15) is 37.0 Å². The molecule has 0 aliphatic rings. The summed E-state index contributed by atoms with van der Waals surface area (Å²) in [4.78, 5) is 32.6. The Morgan fingerprint density at radius 1 is 1.06 bits per heavy atom. The lowest BCUT2D eigenvalue weighted by Gasteiger charge is -2.09. The molecule has 33 heavy (non-hydrogen) atoms. The lowest BCUT2D eigenvalue weighted by Crippen LogP contribution is -2.18. The second-order valence-corrected chi connectivity index (χ2v) is 9.11. The predicted octanol–water partition coefficient (Wildman–Crippen LogP) is 5.20. The van der Waals surface area contributed by atoms with E-state index in [0.29, 0.717) is 34.6 Å². The Hall–Kier alpha value is -3.50. The average molecular weight is 483 g/mol. The van der Waals surface area contributed by atoms with E-state index in [-0.39, 0.29) is 17.9 Å². The van der Waals surface area contributed by atoms with Crippen molar-refractivity contribution in [3.05, 3.63) is 58.6 Å². The molecule has 10 heteroatoms. The minimum atomic E-state index is -0.330. The zero-order valence-electron chi connectivity index (χ0n) is 18.2. The maximum absolute atomic E-state index is 12.6. The number of hydrogen-bond donors (Lipinski definition) is 2. The molecule has 4 aromatic rings. The molecule has 4 rings (SSSR count). The molecule has 2 N–H and O–H groups in total. The highest BCUT2D eigenvalue weighted by molar-refractivity contribution is 7.14. The van der Waals surface area contributed by atoms with Crippen LogP contribution in [-0.2, 0) is 11.3 Å². The fourth-order valence-corrected chi connectivity index (χ4v) is 4.39. The molecule has 0 saturated heterocycles. The van der Waals surface area contributed by atoms with Crippen molar-refractivity contribution in [2.75, 3.05) is 5.32 Å². The van der Waals surface area contributed by atoms with Crippen LogP contribution in [0.2, 0.25) is 0 Å². The van der Waals surface area contributed by atoms with E-state index < -0.39 is 0 Å². The molecule has 0 radical (unpaired) electrons. The molecule has 0 unspecified atom stereocenters. The number of amides is 2. The van der Waals surface area contributed by atoms with Gasteiger partial charge in [-0.2, -0.15) is 0 Å². The lowest BCUT2D eigenvalue weighted by atomic mass is 10.2. The van der Waals surface area contributed by atoms with E-state index in [1.807, 2.05) is 38.1 Å². The third kappa shape index (κ3) is 5.85. The van der Waals surface area contributed by atoms with Gasteiger partial charge < -0.3 is 14.5 Å². The topological polar surface area (TPSA) is 106 Å². The molecular formula is C23H22N4O4S2. The fourth-order valence-electron chi connectivity index (χ4n) is 2.89. The van der Waals surface area contributed by atoms with Crippen molar-refractivity contribution in [1.82, 2.24) is 15.3 Å². The first kappa shape index (κ1) is 22.7. The summed E-state index contributed by atoms with van der Waals surface area (Å²) in [5.41, 5.74) is 1.84.